The first-order valence-corrected chi connectivity index (χ1v) is 4.13. The molecule has 4 heteroatoms. The number of hydrogen-bond donors (Lipinski definition) is 1. The molecule has 0 saturated heterocycles. The molecule has 1 aromatic heterocycles. The van der Waals surface area contributed by atoms with Crippen molar-refractivity contribution >= 4 is 17.3 Å². The van der Waals surface area contributed by atoms with Crippen molar-refractivity contribution in [2.24, 2.45) is 5.73 Å². The van der Waals surface area contributed by atoms with Gasteiger partial charge in [-0.15, -0.1) is 11.3 Å². The lowest BCUT2D eigenvalue weighted by atomic mass is 10.5. The molecule has 0 aliphatic rings. The van der Waals surface area contributed by atoms with Crippen molar-refractivity contribution in [2.45, 2.75) is 0 Å². The fraction of sp³-hybridized carbons (Fsp3) is 0.286. The Labute approximate surface area is 68.8 Å². The maximum Gasteiger partial charge on any atom is 0.348 e. The van der Waals surface area contributed by atoms with E-state index in [1.54, 1.807) is 6.07 Å². The monoisotopic (exact) mass is 171 g/mol. The Morgan fingerprint density at radius 1 is 1.73 bits per heavy atom. The first-order chi connectivity index (χ1) is 5.34. The molecule has 0 aliphatic heterocycles. The van der Waals surface area contributed by atoms with Gasteiger partial charge in [-0.05, 0) is 11.4 Å². The molecule has 1 rings (SSSR count). The van der Waals surface area contributed by atoms with E-state index in [-0.39, 0.29) is 12.6 Å². The van der Waals surface area contributed by atoms with Gasteiger partial charge in [0.2, 0.25) is 0 Å². The summed E-state index contributed by atoms with van der Waals surface area (Å²) in [6, 6.07) is 3.53. The summed E-state index contributed by atoms with van der Waals surface area (Å²) >= 11 is 1.37. The van der Waals surface area contributed by atoms with Crippen molar-refractivity contribution in [3.8, 4) is 0 Å². The molecule has 0 amide bonds. The quantitative estimate of drug-likeness (QED) is 0.686. The summed E-state index contributed by atoms with van der Waals surface area (Å²) in [4.78, 5) is 11.6. The first-order valence-electron chi connectivity index (χ1n) is 3.25. The van der Waals surface area contributed by atoms with E-state index in [0.29, 0.717) is 11.4 Å². The van der Waals surface area contributed by atoms with Crippen LogP contribution in [-0.2, 0) is 4.74 Å². The molecule has 0 atom stereocenters. The van der Waals surface area contributed by atoms with Gasteiger partial charge in [-0.2, -0.15) is 0 Å². The highest BCUT2D eigenvalue weighted by molar-refractivity contribution is 7.11. The second-order valence-electron chi connectivity index (χ2n) is 1.90. The fourth-order valence-corrected chi connectivity index (χ4v) is 1.23. The molecule has 0 aliphatic carbocycles. The summed E-state index contributed by atoms with van der Waals surface area (Å²) in [6.07, 6.45) is 0. The SMILES string of the molecule is NCCOC(=O)c1cccs1. The Balaban J connectivity index is 2.43. The third-order valence-electron chi connectivity index (χ3n) is 1.07. The second-order valence-corrected chi connectivity index (χ2v) is 2.85. The van der Waals surface area contributed by atoms with E-state index >= 15 is 0 Å². The average Bonchev–Trinajstić information content (AvgIpc) is 2.52. The number of carbonyl (C=O) groups is 1. The van der Waals surface area contributed by atoms with Crippen LogP contribution in [0.2, 0.25) is 0 Å². The molecule has 3 nitrogen and oxygen atoms in total. The summed E-state index contributed by atoms with van der Waals surface area (Å²) in [5, 5.41) is 1.83. The van der Waals surface area contributed by atoms with E-state index in [1.165, 1.54) is 11.3 Å². The van der Waals surface area contributed by atoms with Gasteiger partial charge in [0.25, 0.3) is 0 Å². The molecule has 0 aromatic carbocycles. The number of nitrogens with two attached hydrogens (primary N) is 1. The maximum atomic E-state index is 11.0. The molecule has 1 aromatic rings. The Morgan fingerprint density at radius 3 is 3.09 bits per heavy atom. The van der Waals surface area contributed by atoms with E-state index in [2.05, 4.69) is 0 Å². The largest absolute Gasteiger partial charge is 0.460 e. The van der Waals surface area contributed by atoms with Crippen molar-refractivity contribution in [1.29, 1.82) is 0 Å². The normalized spacial score (nSPS) is 9.55. The van der Waals surface area contributed by atoms with Crippen LogP contribution in [0.5, 0.6) is 0 Å². The zero-order valence-electron chi connectivity index (χ0n) is 5.95. The number of esters is 1. The van der Waals surface area contributed by atoms with Crippen LogP contribution >= 0.6 is 11.3 Å². The lowest BCUT2D eigenvalue weighted by molar-refractivity contribution is 0.0522. The molecule has 0 spiro atoms. The molecule has 0 bridgehead atoms. The van der Waals surface area contributed by atoms with Crippen LogP contribution < -0.4 is 5.73 Å². The smallest absolute Gasteiger partial charge is 0.348 e. The minimum atomic E-state index is -0.287. The van der Waals surface area contributed by atoms with Crippen LogP contribution in [0.4, 0.5) is 0 Å². The molecule has 0 saturated carbocycles. The highest BCUT2D eigenvalue weighted by Crippen LogP contribution is 2.09. The fourth-order valence-electron chi connectivity index (χ4n) is 0.617. The Bertz CT molecular complexity index is 220. The molecular weight excluding hydrogens is 162 g/mol. The van der Waals surface area contributed by atoms with Crippen LogP contribution in [-0.4, -0.2) is 19.1 Å². The van der Waals surface area contributed by atoms with Gasteiger partial charge in [-0.1, -0.05) is 6.07 Å². The summed E-state index contributed by atoms with van der Waals surface area (Å²) in [5.74, 6) is -0.287. The minimum Gasteiger partial charge on any atom is -0.460 e. The zero-order valence-corrected chi connectivity index (χ0v) is 6.76. The van der Waals surface area contributed by atoms with E-state index in [0.717, 1.165) is 0 Å². The van der Waals surface area contributed by atoms with E-state index < -0.39 is 0 Å². The molecule has 0 fully saturated rings. The van der Waals surface area contributed by atoms with Gasteiger partial charge in [0.05, 0.1) is 0 Å². The second kappa shape index (κ2) is 4.10. The molecule has 11 heavy (non-hydrogen) atoms. The standard InChI is InChI=1S/C7H9NO2S/c8-3-4-10-7(9)6-2-1-5-11-6/h1-2,5H,3-4,8H2. The summed E-state index contributed by atoms with van der Waals surface area (Å²) in [6.45, 7) is 0.661. The lowest BCUT2D eigenvalue weighted by Crippen LogP contribution is -2.12. The number of carbonyl (C=O) groups excluding carboxylic acids is 1. The summed E-state index contributed by atoms with van der Waals surface area (Å²) in [5.41, 5.74) is 5.16. The third kappa shape index (κ3) is 2.32. The molecular formula is C7H9NO2S. The van der Waals surface area contributed by atoms with E-state index in [9.17, 15) is 4.79 Å². The van der Waals surface area contributed by atoms with Crippen LogP contribution in [0, 0.1) is 0 Å². The Kier molecular flexibility index (Phi) is 3.07. The van der Waals surface area contributed by atoms with Crippen molar-refractivity contribution in [3.05, 3.63) is 22.4 Å². The molecule has 0 radical (unpaired) electrons. The van der Waals surface area contributed by atoms with Crippen LogP contribution in [0.1, 0.15) is 9.67 Å². The summed E-state index contributed by atoms with van der Waals surface area (Å²) < 4.78 is 4.78. The molecule has 1 heterocycles. The van der Waals surface area contributed by atoms with Gasteiger partial charge in [-0.25, -0.2) is 4.79 Å². The average molecular weight is 171 g/mol. The predicted octanol–water partition coefficient (Wildman–Crippen LogP) is 0.864. The number of thiophene rings is 1. The van der Waals surface area contributed by atoms with Gasteiger partial charge in [0.15, 0.2) is 0 Å². The van der Waals surface area contributed by atoms with Crippen molar-refractivity contribution in [2.75, 3.05) is 13.2 Å². The molecule has 0 unspecified atom stereocenters. The number of ether oxygens (including phenoxy) is 1. The van der Waals surface area contributed by atoms with Crippen molar-refractivity contribution in [1.82, 2.24) is 0 Å². The highest BCUT2D eigenvalue weighted by Gasteiger charge is 2.05. The van der Waals surface area contributed by atoms with Gasteiger partial charge in [0, 0.05) is 6.54 Å². The van der Waals surface area contributed by atoms with Gasteiger partial charge in [-0.3, -0.25) is 0 Å². The maximum absolute atomic E-state index is 11.0. The number of rotatable bonds is 3. The van der Waals surface area contributed by atoms with Gasteiger partial charge in [0.1, 0.15) is 11.5 Å². The Morgan fingerprint density at radius 2 is 2.55 bits per heavy atom. The van der Waals surface area contributed by atoms with Crippen LogP contribution in [0.15, 0.2) is 17.5 Å². The van der Waals surface area contributed by atoms with Crippen molar-refractivity contribution < 1.29 is 9.53 Å². The van der Waals surface area contributed by atoms with Gasteiger partial charge >= 0.3 is 5.97 Å². The van der Waals surface area contributed by atoms with Crippen molar-refractivity contribution in [3.63, 3.8) is 0 Å². The zero-order chi connectivity index (χ0) is 8.10. The van der Waals surface area contributed by atoms with Crippen LogP contribution in [0.3, 0.4) is 0 Å². The van der Waals surface area contributed by atoms with E-state index in [1.807, 2.05) is 11.4 Å². The van der Waals surface area contributed by atoms with Crippen LogP contribution in [0.25, 0.3) is 0 Å². The topological polar surface area (TPSA) is 52.3 Å². The predicted molar refractivity (Wildman–Crippen MR) is 43.7 cm³/mol. The highest BCUT2D eigenvalue weighted by atomic mass is 32.1. The first kappa shape index (κ1) is 8.23. The third-order valence-corrected chi connectivity index (χ3v) is 1.92. The minimum absolute atomic E-state index is 0.287. The summed E-state index contributed by atoms with van der Waals surface area (Å²) in [7, 11) is 0. The molecule has 60 valence electrons. The van der Waals surface area contributed by atoms with Gasteiger partial charge < -0.3 is 10.5 Å². The lowest BCUT2D eigenvalue weighted by Gasteiger charge is -1.98. The molecule has 2 N–H and O–H groups in total. The number of hydrogen-bond acceptors (Lipinski definition) is 4. The van der Waals surface area contributed by atoms with E-state index in [4.69, 9.17) is 10.5 Å². The Hall–Kier alpha value is -0.870.